The van der Waals surface area contributed by atoms with E-state index in [2.05, 4.69) is 10.1 Å². The van der Waals surface area contributed by atoms with Crippen LogP contribution in [0.15, 0.2) is 0 Å². The lowest BCUT2D eigenvalue weighted by atomic mass is 10.4. The highest BCUT2D eigenvalue weighted by atomic mass is 16.6. The highest BCUT2D eigenvalue weighted by molar-refractivity contribution is 5.68. The molecule has 0 saturated heterocycles. The van der Waals surface area contributed by atoms with Crippen molar-refractivity contribution in [1.29, 1.82) is 0 Å². The third-order valence-corrected chi connectivity index (χ3v) is 1.26. The van der Waals surface area contributed by atoms with Gasteiger partial charge in [-0.2, -0.15) is 0 Å². The summed E-state index contributed by atoms with van der Waals surface area (Å²) in [6.45, 7) is 0. The summed E-state index contributed by atoms with van der Waals surface area (Å²) in [5.41, 5.74) is 0. The number of aromatic nitrogens is 3. The molecule has 1 aromatic rings. The van der Waals surface area contributed by atoms with E-state index in [1.54, 1.807) is 0 Å². The van der Waals surface area contributed by atoms with Crippen molar-refractivity contribution in [3.63, 3.8) is 0 Å². The van der Waals surface area contributed by atoms with Crippen LogP contribution in [0.1, 0.15) is 5.82 Å². The van der Waals surface area contributed by atoms with E-state index in [-0.39, 0.29) is 5.82 Å². The summed E-state index contributed by atoms with van der Waals surface area (Å²) < 4.78 is 0.929. The van der Waals surface area contributed by atoms with Crippen molar-refractivity contribution in [1.82, 2.24) is 14.8 Å². The predicted molar refractivity (Wildman–Crippen MR) is 39.0 cm³/mol. The lowest BCUT2D eigenvalue weighted by Crippen LogP contribution is -2.02. The van der Waals surface area contributed by atoms with Crippen LogP contribution in [-0.4, -0.2) is 30.8 Å². The highest BCUT2D eigenvalue weighted by Crippen LogP contribution is 2.05. The Kier molecular flexibility index (Phi) is 2.22. The fourth-order valence-electron chi connectivity index (χ4n) is 0.797. The monoisotopic (exact) mass is 186 g/mol. The highest BCUT2D eigenvalue weighted by Gasteiger charge is 2.19. The Bertz CT molecular complexity index is 357. The molecule has 0 saturated carbocycles. The van der Waals surface area contributed by atoms with Crippen LogP contribution in [0.5, 0.6) is 0 Å². The molecule has 0 aliphatic heterocycles. The molecule has 0 aliphatic rings. The quantitative estimate of drug-likeness (QED) is 0.496. The molecule has 0 aromatic carbocycles. The topological polar surface area (TPSA) is 111 Å². The number of carbonyl (C=O) groups is 1. The van der Waals surface area contributed by atoms with Crippen LogP contribution in [0.3, 0.4) is 0 Å². The molecule has 8 nitrogen and oxygen atoms in total. The van der Waals surface area contributed by atoms with E-state index in [1.165, 1.54) is 7.05 Å². The van der Waals surface area contributed by atoms with Crippen LogP contribution in [0.25, 0.3) is 0 Å². The maximum absolute atomic E-state index is 10.3. The first-order valence-electron chi connectivity index (χ1n) is 3.27. The minimum absolute atomic E-state index is 0.0679. The summed E-state index contributed by atoms with van der Waals surface area (Å²) in [5, 5.41) is 22.2. The number of carboxylic acids is 1. The molecule has 0 radical (unpaired) electrons. The summed E-state index contributed by atoms with van der Waals surface area (Å²) in [7, 11) is 1.33. The van der Waals surface area contributed by atoms with Crippen LogP contribution in [0.2, 0.25) is 0 Å². The molecule has 0 unspecified atom stereocenters. The summed E-state index contributed by atoms with van der Waals surface area (Å²) in [6, 6.07) is 0. The molecule has 13 heavy (non-hydrogen) atoms. The van der Waals surface area contributed by atoms with Gasteiger partial charge in [-0.15, -0.1) is 4.68 Å². The number of hydrogen-bond donors (Lipinski definition) is 1. The predicted octanol–water partition coefficient (Wildman–Crippen LogP) is -0.650. The van der Waals surface area contributed by atoms with Crippen LogP contribution in [-0.2, 0) is 18.3 Å². The number of aryl methyl sites for hydroxylation is 1. The Morgan fingerprint density at radius 1 is 1.77 bits per heavy atom. The SMILES string of the molecule is Cn1nc(CC(=O)O)nc1[N+](=O)[O-]. The van der Waals surface area contributed by atoms with Gasteiger partial charge in [-0.05, 0) is 9.91 Å². The molecule has 0 atom stereocenters. The Balaban J connectivity index is 2.95. The molecule has 0 bridgehead atoms. The van der Waals surface area contributed by atoms with Gasteiger partial charge in [-0.3, -0.25) is 4.79 Å². The van der Waals surface area contributed by atoms with E-state index in [0.717, 1.165) is 4.68 Å². The molecule has 70 valence electrons. The number of hydrogen-bond acceptors (Lipinski definition) is 5. The van der Waals surface area contributed by atoms with Gasteiger partial charge in [0.05, 0.1) is 7.05 Å². The number of nitrogens with zero attached hydrogens (tertiary/aromatic N) is 4. The van der Waals surface area contributed by atoms with E-state index in [4.69, 9.17) is 5.11 Å². The minimum atomic E-state index is -1.12. The third kappa shape index (κ3) is 1.98. The molecule has 0 fully saturated rings. The van der Waals surface area contributed by atoms with Crippen LogP contribution in [0, 0.1) is 10.1 Å². The van der Waals surface area contributed by atoms with E-state index in [9.17, 15) is 14.9 Å². The van der Waals surface area contributed by atoms with Gasteiger partial charge in [0.2, 0.25) is 0 Å². The van der Waals surface area contributed by atoms with Crippen LogP contribution < -0.4 is 0 Å². The normalized spacial score (nSPS) is 9.92. The smallest absolute Gasteiger partial charge is 0.455 e. The van der Waals surface area contributed by atoms with Crippen molar-refractivity contribution >= 4 is 11.9 Å². The zero-order valence-corrected chi connectivity index (χ0v) is 6.67. The fraction of sp³-hybridized carbons (Fsp3) is 0.400. The maximum atomic E-state index is 10.3. The molecule has 1 N–H and O–H groups in total. The van der Waals surface area contributed by atoms with Gasteiger partial charge in [0, 0.05) is 0 Å². The van der Waals surface area contributed by atoms with E-state index in [1.807, 2.05) is 0 Å². The van der Waals surface area contributed by atoms with Gasteiger partial charge in [0.25, 0.3) is 5.82 Å². The molecule has 1 heterocycles. The summed E-state index contributed by atoms with van der Waals surface area (Å²) >= 11 is 0. The van der Waals surface area contributed by atoms with Gasteiger partial charge < -0.3 is 15.2 Å². The molecule has 1 aromatic heterocycles. The van der Waals surface area contributed by atoms with Crippen molar-refractivity contribution < 1.29 is 14.8 Å². The maximum Gasteiger partial charge on any atom is 0.455 e. The second-order valence-electron chi connectivity index (χ2n) is 2.28. The first-order chi connectivity index (χ1) is 6.00. The van der Waals surface area contributed by atoms with E-state index in [0.29, 0.717) is 0 Å². The Morgan fingerprint density at radius 3 is 2.77 bits per heavy atom. The van der Waals surface area contributed by atoms with Gasteiger partial charge in [0.15, 0.2) is 0 Å². The second kappa shape index (κ2) is 3.17. The number of nitro groups is 1. The Morgan fingerprint density at radius 2 is 2.38 bits per heavy atom. The fourth-order valence-corrected chi connectivity index (χ4v) is 0.797. The standard InChI is InChI=1S/C5H6N4O4/c1-8-5(9(12)13)6-3(7-8)2-4(10)11/h2H2,1H3,(H,10,11). The average Bonchev–Trinajstić information content (AvgIpc) is 2.29. The van der Waals surface area contributed by atoms with Gasteiger partial charge >= 0.3 is 11.9 Å². The summed E-state index contributed by atoms with van der Waals surface area (Å²) in [4.78, 5) is 23.2. The minimum Gasteiger partial charge on any atom is -0.481 e. The zero-order valence-electron chi connectivity index (χ0n) is 6.67. The Hall–Kier alpha value is -1.99. The van der Waals surface area contributed by atoms with Crippen molar-refractivity contribution in [3.8, 4) is 0 Å². The zero-order chi connectivity index (χ0) is 10.0. The first kappa shape index (κ1) is 9.10. The molecular weight excluding hydrogens is 180 g/mol. The van der Waals surface area contributed by atoms with Gasteiger partial charge in [-0.25, -0.2) is 0 Å². The van der Waals surface area contributed by atoms with E-state index >= 15 is 0 Å². The van der Waals surface area contributed by atoms with Crippen LogP contribution >= 0.6 is 0 Å². The average molecular weight is 186 g/mol. The van der Waals surface area contributed by atoms with Crippen molar-refractivity contribution in [2.45, 2.75) is 6.42 Å². The van der Waals surface area contributed by atoms with Crippen molar-refractivity contribution in [2.75, 3.05) is 0 Å². The molecule has 0 aliphatic carbocycles. The summed E-state index contributed by atoms with van der Waals surface area (Å²) in [6.07, 6.45) is -0.415. The largest absolute Gasteiger partial charge is 0.481 e. The lowest BCUT2D eigenvalue weighted by Gasteiger charge is -1.88. The lowest BCUT2D eigenvalue weighted by molar-refractivity contribution is -0.396. The molecule has 0 spiro atoms. The second-order valence-corrected chi connectivity index (χ2v) is 2.28. The third-order valence-electron chi connectivity index (χ3n) is 1.26. The Labute approximate surface area is 72.0 Å². The number of carboxylic acid groups (broad SMARTS) is 1. The van der Waals surface area contributed by atoms with E-state index < -0.39 is 23.3 Å². The molecule has 1 rings (SSSR count). The van der Waals surface area contributed by atoms with Gasteiger partial charge in [0.1, 0.15) is 6.42 Å². The molecule has 8 heteroatoms. The van der Waals surface area contributed by atoms with Gasteiger partial charge in [-0.1, -0.05) is 5.10 Å². The molecular formula is C5H6N4O4. The van der Waals surface area contributed by atoms with Crippen LogP contribution in [0.4, 0.5) is 5.95 Å². The first-order valence-corrected chi connectivity index (χ1v) is 3.27. The van der Waals surface area contributed by atoms with Crippen molar-refractivity contribution in [2.24, 2.45) is 7.05 Å². The van der Waals surface area contributed by atoms with Crippen molar-refractivity contribution in [3.05, 3.63) is 15.9 Å². The molecule has 0 amide bonds. The number of rotatable bonds is 3. The summed E-state index contributed by atoms with van der Waals surface area (Å²) in [5.74, 6) is -1.65. The number of aliphatic carboxylic acids is 1.